The van der Waals surface area contributed by atoms with Crippen LogP contribution in [0.5, 0.6) is 0 Å². The fourth-order valence-electron chi connectivity index (χ4n) is 3.99. The first kappa shape index (κ1) is 34.1. The summed E-state index contributed by atoms with van der Waals surface area (Å²) in [4.78, 5) is 38.8. The number of hydrogen-bond donors (Lipinski definition) is 0. The first-order valence-corrected chi connectivity index (χ1v) is 12.4. The van der Waals surface area contributed by atoms with Crippen LogP contribution in [0.25, 0.3) is 0 Å². The molecule has 0 N–H and O–H groups in total. The number of ether oxygens (including phenoxy) is 5. The Morgan fingerprint density at radius 1 is 0.694 bits per heavy atom. The van der Waals surface area contributed by atoms with Gasteiger partial charge in [0.1, 0.15) is 13.2 Å². The van der Waals surface area contributed by atoms with Gasteiger partial charge in [0, 0.05) is 12.7 Å². The Morgan fingerprint density at radius 3 is 1.69 bits per heavy atom. The van der Waals surface area contributed by atoms with Gasteiger partial charge in [-0.1, -0.05) is 34.3 Å². The summed E-state index contributed by atoms with van der Waals surface area (Å²) < 4.78 is 26.6. The van der Waals surface area contributed by atoms with E-state index in [2.05, 4.69) is 6.58 Å². The standard InChI is InChI=1S/C28H50O8/c1-20(21(29)34-15-14-32-12)18-25(5,6)28(11,23(31)35-16-17-36-24(2,3)4)19-26(7,8)27(9,10)22(30)33-13/h1,14-19H2,2-13H3. The minimum atomic E-state index is -1.10. The molecule has 0 aromatic carbocycles. The average Bonchev–Trinajstić information content (AvgIpc) is 2.74. The number of hydrogen-bond acceptors (Lipinski definition) is 8. The molecule has 210 valence electrons. The van der Waals surface area contributed by atoms with Gasteiger partial charge in [0.05, 0.1) is 36.8 Å². The predicted octanol–water partition coefficient (Wildman–Crippen LogP) is 5.13. The zero-order valence-corrected chi connectivity index (χ0v) is 24.7. The lowest BCUT2D eigenvalue weighted by atomic mass is 9.53. The van der Waals surface area contributed by atoms with Crippen molar-refractivity contribution < 1.29 is 38.1 Å². The SMILES string of the molecule is C=C(CC(C)(C)C(C)(CC(C)(C)C(C)(C)C(=O)OC)C(=O)OCCOC(C)(C)C)C(=O)OCCOC. The summed E-state index contributed by atoms with van der Waals surface area (Å²) in [7, 11) is 2.87. The molecular weight excluding hydrogens is 464 g/mol. The first-order valence-electron chi connectivity index (χ1n) is 12.4. The maximum Gasteiger partial charge on any atom is 0.333 e. The molecule has 0 bridgehead atoms. The van der Waals surface area contributed by atoms with Crippen LogP contribution in [0.4, 0.5) is 0 Å². The van der Waals surface area contributed by atoms with Crippen molar-refractivity contribution in [3.05, 3.63) is 12.2 Å². The molecule has 8 heteroatoms. The van der Waals surface area contributed by atoms with E-state index in [1.54, 1.807) is 13.8 Å². The maximum absolute atomic E-state index is 13.7. The Labute approximate surface area is 218 Å². The van der Waals surface area contributed by atoms with Gasteiger partial charge in [-0.15, -0.1) is 0 Å². The Bertz CT molecular complexity index is 773. The van der Waals surface area contributed by atoms with E-state index in [9.17, 15) is 14.4 Å². The molecule has 0 aliphatic heterocycles. The zero-order valence-electron chi connectivity index (χ0n) is 24.7. The van der Waals surface area contributed by atoms with Crippen molar-refractivity contribution in [1.82, 2.24) is 0 Å². The predicted molar refractivity (Wildman–Crippen MR) is 139 cm³/mol. The number of methoxy groups -OCH3 is 2. The van der Waals surface area contributed by atoms with Gasteiger partial charge >= 0.3 is 17.9 Å². The molecule has 0 amide bonds. The molecule has 0 saturated heterocycles. The van der Waals surface area contributed by atoms with Gasteiger partial charge in [-0.2, -0.15) is 0 Å². The minimum Gasteiger partial charge on any atom is -0.469 e. The molecule has 0 rings (SSSR count). The molecule has 1 unspecified atom stereocenters. The average molecular weight is 515 g/mol. The van der Waals surface area contributed by atoms with E-state index in [4.69, 9.17) is 23.7 Å². The summed E-state index contributed by atoms with van der Waals surface area (Å²) in [6, 6.07) is 0. The normalized spacial score (nSPS) is 14.6. The van der Waals surface area contributed by atoms with Gasteiger partial charge in [0.25, 0.3) is 0 Å². The minimum absolute atomic E-state index is 0.0859. The van der Waals surface area contributed by atoms with Crippen LogP contribution in [0, 0.1) is 21.7 Å². The van der Waals surface area contributed by atoms with E-state index in [1.807, 2.05) is 55.4 Å². The fraction of sp³-hybridized carbons (Fsp3) is 0.821. The van der Waals surface area contributed by atoms with Gasteiger partial charge in [-0.25, -0.2) is 4.79 Å². The maximum atomic E-state index is 13.7. The summed E-state index contributed by atoms with van der Waals surface area (Å²) in [6.07, 6.45) is 0.484. The fourth-order valence-corrected chi connectivity index (χ4v) is 3.99. The second kappa shape index (κ2) is 13.0. The van der Waals surface area contributed by atoms with Crippen molar-refractivity contribution in [2.45, 2.75) is 87.7 Å². The van der Waals surface area contributed by atoms with E-state index in [0.717, 1.165) is 0 Å². The van der Waals surface area contributed by atoms with Crippen LogP contribution in [-0.4, -0.2) is 64.2 Å². The highest BCUT2D eigenvalue weighted by atomic mass is 16.6. The molecular formula is C28H50O8. The van der Waals surface area contributed by atoms with Gasteiger partial charge < -0.3 is 23.7 Å². The molecule has 0 aliphatic rings. The van der Waals surface area contributed by atoms with Crippen molar-refractivity contribution in [2.24, 2.45) is 21.7 Å². The highest BCUT2D eigenvalue weighted by Crippen LogP contribution is 2.55. The quantitative estimate of drug-likeness (QED) is 0.128. The van der Waals surface area contributed by atoms with Crippen molar-refractivity contribution in [3.63, 3.8) is 0 Å². The Kier molecular flexibility index (Phi) is 12.3. The molecule has 0 heterocycles. The van der Waals surface area contributed by atoms with Gasteiger partial charge in [-0.3, -0.25) is 9.59 Å². The van der Waals surface area contributed by atoms with Crippen LogP contribution >= 0.6 is 0 Å². The topological polar surface area (TPSA) is 97.4 Å². The van der Waals surface area contributed by atoms with Crippen molar-refractivity contribution in [1.29, 1.82) is 0 Å². The lowest BCUT2D eigenvalue weighted by Crippen LogP contribution is -2.51. The van der Waals surface area contributed by atoms with Crippen molar-refractivity contribution in [3.8, 4) is 0 Å². The second-order valence-corrected chi connectivity index (χ2v) is 12.4. The molecule has 0 aromatic rings. The number of rotatable bonds is 15. The monoisotopic (exact) mass is 514 g/mol. The third kappa shape index (κ3) is 9.18. The zero-order chi connectivity index (χ0) is 28.6. The highest BCUT2D eigenvalue weighted by Gasteiger charge is 2.56. The first-order chi connectivity index (χ1) is 16.2. The molecule has 0 aromatic heterocycles. The molecule has 0 saturated carbocycles. The highest BCUT2D eigenvalue weighted by molar-refractivity contribution is 5.88. The Hall–Kier alpha value is -1.93. The molecule has 1 atom stereocenters. The van der Waals surface area contributed by atoms with Crippen molar-refractivity contribution in [2.75, 3.05) is 40.6 Å². The summed E-state index contributed by atoms with van der Waals surface area (Å²) in [5.41, 5.74) is -3.56. The largest absolute Gasteiger partial charge is 0.469 e. The van der Waals surface area contributed by atoms with E-state index in [0.29, 0.717) is 6.42 Å². The third-order valence-corrected chi connectivity index (χ3v) is 7.44. The lowest BCUT2D eigenvalue weighted by molar-refractivity contribution is -0.175. The lowest BCUT2D eigenvalue weighted by Gasteiger charge is -2.50. The third-order valence-electron chi connectivity index (χ3n) is 7.44. The molecule has 0 aliphatic carbocycles. The summed E-state index contributed by atoms with van der Waals surface area (Å²) in [5, 5.41) is 0. The van der Waals surface area contributed by atoms with Crippen LogP contribution in [0.2, 0.25) is 0 Å². The molecule has 0 fully saturated rings. The number of carbonyl (C=O) groups excluding carboxylic acids is 3. The van der Waals surface area contributed by atoms with Crippen LogP contribution in [0.15, 0.2) is 12.2 Å². The summed E-state index contributed by atoms with van der Waals surface area (Å²) >= 11 is 0. The summed E-state index contributed by atoms with van der Waals surface area (Å²) in [5.74, 6) is -1.34. The van der Waals surface area contributed by atoms with Gasteiger partial charge in [-0.05, 0) is 65.2 Å². The number of carbonyl (C=O) groups is 3. The van der Waals surface area contributed by atoms with Crippen molar-refractivity contribution >= 4 is 17.9 Å². The molecule has 0 spiro atoms. The van der Waals surface area contributed by atoms with Crippen LogP contribution in [0.1, 0.15) is 82.1 Å². The Balaban J connectivity index is 6.07. The molecule has 36 heavy (non-hydrogen) atoms. The van der Waals surface area contributed by atoms with Gasteiger partial charge in [0.2, 0.25) is 0 Å². The Morgan fingerprint density at radius 2 is 1.22 bits per heavy atom. The molecule has 0 radical (unpaired) electrons. The van der Waals surface area contributed by atoms with E-state index in [-0.39, 0.29) is 50.0 Å². The van der Waals surface area contributed by atoms with Gasteiger partial charge in [0.15, 0.2) is 0 Å². The van der Waals surface area contributed by atoms with Crippen LogP contribution in [-0.2, 0) is 38.1 Å². The van der Waals surface area contributed by atoms with Crippen LogP contribution < -0.4 is 0 Å². The van der Waals surface area contributed by atoms with Crippen LogP contribution in [0.3, 0.4) is 0 Å². The summed E-state index contributed by atoms with van der Waals surface area (Å²) in [6.45, 7) is 23.5. The smallest absolute Gasteiger partial charge is 0.333 e. The second-order valence-electron chi connectivity index (χ2n) is 12.4. The van der Waals surface area contributed by atoms with E-state index >= 15 is 0 Å². The molecule has 8 nitrogen and oxygen atoms in total. The van der Waals surface area contributed by atoms with E-state index in [1.165, 1.54) is 14.2 Å². The van der Waals surface area contributed by atoms with E-state index < -0.39 is 33.6 Å². The number of esters is 3.